The molecule has 0 radical (unpaired) electrons. The van der Waals surface area contributed by atoms with E-state index in [4.69, 9.17) is 0 Å². The topological polar surface area (TPSA) is 34.1 Å². The smallest absolute Gasteiger partial charge is 0.144 e. The second-order valence-corrected chi connectivity index (χ2v) is 3.34. The van der Waals surface area contributed by atoms with Gasteiger partial charge in [0.15, 0.2) is 0 Å². The van der Waals surface area contributed by atoms with E-state index in [0.29, 0.717) is 12.2 Å². The number of hydrogen-bond acceptors (Lipinski definition) is 3. The average molecular weight is 144 g/mol. The molecule has 1 atom stereocenters. The summed E-state index contributed by atoms with van der Waals surface area (Å²) < 4.78 is 0. The van der Waals surface area contributed by atoms with Gasteiger partial charge in [-0.15, -0.1) is 11.8 Å². The minimum absolute atomic E-state index is 0.0301. The van der Waals surface area contributed by atoms with Crippen LogP contribution in [0.25, 0.3) is 0 Å². The van der Waals surface area contributed by atoms with E-state index < -0.39 is 0 Å². The van der Waals surface area contributed by atoms with Gasteiger partial charge in [-0.25, -0.2) is 0 Å². The van der Waals surface area contributed by atoms with Crippen LogP contribution in [0.5, 0.6) is 0 Å². The van der Waals surface area contributed by atoms with E-state index in [2.05, 4.69) is 0 Å². The Balaban J connectivity index is 2.48. The standard InChI is InChI=1S/C6H8O2S/c1-4(7)6-2-5(8)3-9-6/h6H,2-3H2,1H3/t6-/m1/s1. The zero-order valence-electron chi connectivity index (χ0n) is 5.22. The number of rotatable bonds is 1. The minimum Gasteiger partial charge on any atom is -0.299 e. The lowest BCUT2D eigenvalue weighted by molar-refractivity contribution is -0.120. The van der Waals surface area contributed by atoms with E-state index in [1.807, 2.05) is 0 Å². The molecule has 0 aromatic carbocycles. The Morgan fingerprint density at radius 1 is 1.78 bits per heavy atom. The fourth-order valence-electron chi connectivity index (χ4n) is 0.779. The van der Waals surface area contributed by atoms with Crippen molar-refractivity contribution in [2.45, 2.75) is 18.6 Å². The maximum atomic E-state index is 10.6. The van der Waals surface area contributed by atoms with Crippen LogP contribution < -0.4 is 0 Å². The van der Waals surface area contributed by atoms with Gasteiger partial charge in [0.2, 0.25) is 0 Å². The molecule has 1 aliphatic rings. The zero-order chi connectivity index (χ0) is 6.85. The molecule has 50 valence electrons. The van der Waals surface area contributed by atoms with Gasteiger partial charge in [0, 0.05) is 6.42 Å². The predicted molar refractivity (Wildman–Crippen MR) is 36.6 cm³/mol. The Hall–Kier alpha value is -0.310. The van der Waals surface area contributed by atoms with Crippen LogP contribution in [0.2, 0.25) is 0 Å². The van der Waals surface area contributed by atoms with Crippen molar-refractivity contribution in [2.75, 3.05) is 5.75 Å². The fraction of sp³-hybridized carbons (Fsp3) is 0.667. The van der Waals surface area contributed by atoms with Crippen molar-refractivity contribution in [1.29, 1.82) is 0 Å². The number of thioether (sulfide) groups is 1. The molecular weight excluding hydrogens is 136 g/mol. The van der Waals surface area contributed by atoms with Gasteiger partial charge in [-0.1, -0.05) is 0 Å². The molecule has 1 heterocycles. The molecule has 1 fully saturated rings. The second kappa shape index (κ2) is 2.52. The molecule has 0 N–H and O–H groups in total. The first-order valence-corrected chi connectivity index (χ1v) is 3.89. The van der Waals surface area contributed by atoms with Crippen LogP contribution in [0.4, 0.5) is 0 Å². The highest BCUT2D eigenvalue weighted by atomic mass is 32.2. The maximum absolute atomic E-state index is 10.6. The van der Waals surface area contributed by atoms with E-state index in [-0.39, 0.29) is 16.8 Å². The highest BCUT2D eigenvalue weighted by Gasteiger charge is 2.25. The molecule has 0 amide bonds. The lowest BCUT2D eigenvalue weighted by Crippen LogP contribution is -2.09. The molecule has 0 unspecified atom stereocenters. The quantitative estimate of drug-likeness (QED) is 0.542. The molecular formula is C6H8O2S. The van der Waals surface area contributed by atoms with E-state index in [0.717, 1.165) is 0 Å². The third-order valence-electron chi connectivity index (χ3n) is 1.31. The monoisotopic (exact) mass is 144 g/mol. The van der Waals surface area contributed by atoms with Gasteiger partial charge in [-0.2, -0.15) is 0 Å². The van der Waals surface area contributed by atoms with Crippen LogP contribution in [0.1, 0.15) is 13.3 Å². The summed E-state index contributed by atoms with van der Waals surface area (Å²) in [6, 6.07) is 0. The van der Waals surface area contributed by atoms with Gasteiger partial charge in [0.05, 0.1) is 11.0 Å². The van der Waals surface area contributed by atoms with Gasteiger partial charge < -0.3 is 0 Å². The molecule has 0 aromatic heterocycles. The normalized spacial score (nSPS) is 26.8. The summed E-state index contributed by atoms with van der Waals surface area (Å²) in [6.07, 6.45) is 0.458. The first kappa shape index (κ1) is 6.81. The Labute approximate surface area is 58.0 Å². The fourth-order valence-corrected chi connectivity index (χ4v) is 1.82. The molecule has 0 bridgehead atoms. The Morgan fingerprint density at radius 2 is 2.44 bits per heavy atom. The van der Waals surface area contributed by atoms with Crippen molar-refractivity contribution in [1.82, 2.24) is 0 Å². The molecule has 9 heavy (non-hydrogen) atoms. The summed E-state index contributed by atoms with van der Waals surface area (Å²) in [5, 5.41) is -0.0301. The predicted octanol–water partition coefficient (Wildman–Crippen LogP) is 0.650. The van der Waals surface area contributed by atoms with E-state index in [9.17, 15) is 9.59 Å². The lowest BCUT2D eigenvalue weighted by atomic mass is 10.2. The Kier molecular flexibility index (Phi) is 1.90. The van der Waals surface area contributed by atoms with Gasteiger partial charge in [-0.05, 0) is 6.92 Å². The third kappa shape index (κ3) is 1.55. The molecule has 1 aliphatic heterocycles. The number of carbonyl (C=O) groups is 2. The lowest BCUT2D eigenvalue weighted by Gasteiger charge is -1.97. The Bertz CT molecular complexity index is 153. The van der Waals surface area contributed by atoms with Crippen LogP contribution in [0.15, 0.2) is 0 Å². The van der Waals surface area contributed by atoms with Gasteiger partial charge in [-0.3, -0.25) is 9.59 Å². The molecule has 0 aliphatic carbocycles. The summed E-state index contributed by atoms with van der Waals surface area (Å²) in [6.45, 7) is 1.54. The minimum atomic E-state index is -0.0301. The summed E-state index contributed by atoms with van der Waals surface area (Å²) in [7, 11) is 0. The summed E-state index contributed by atoms with van der Waals surface area (Å²) in [5.74, 6) is 0.871. The number of carbonyl (C=O) groups excluding carboxylic acids is 2. The van der Waals surface area contributed by atoms with Crippen molar-refractivity contribution in [3.63, 3.8) is 0 Å². The van der Waals surface area contributed by atoms with E-state index in [1.165, 1.54) is 18.7 Å². The van der Waals surface area contributed by atoms with Crippen molar-refractivity contribution in [3.05, 3.63) is 0 Å². The molecule has 3 heteroatoms. The first-order chi connectivity index (χ1) is 4.20. The van der Waals surface area contributed by atoms with Crippen LogP contribution in [-0.2, 0) is 9.59 Å². The first-order valence-electron chi connectivity index (χ1n) is 2.84. The SMILES string of the molecule is CC(=O)[C@H]1CC(=O)CS1. The second-order valence-electron chi connectivity index (χ2n) is 2.15. The number of Topliss-reactive ketones (excluding diaryl/α,β-unsaturated/α-hetero) is 2. The van der Waals surface area contributed by atoms with Crippen molar-refractivity contribution in [2.24, 2.45) is 0 Å². The van der Waals surface area contributed by atoms with E-state index >= 15 is 0 Å². The average Bonchev–Trinajstić information content (AvgIpc) is 2.14. The van der Waals surface area contributed by atoms with Crippen molar-refractivity contribution >= 4 is 23.3 Å². The molecule has 2 nitrogen and oxygen atoms in total. The summed E-state index contributed by atoms with van der Waals surface area (Å²) >= 11 is 1.46. The van der Waals surface area contributed by atoms with Crippen molar-refractivity contribution < 1.29 is 9.59 Å². The highest BCUT2D eigenvalue weighted by Crippen LogP contribution is 2.23. The van der Waals surface area contributed by atoms with Crippen LogP contribution in [0.3, 0.4) is 0 Å². The molecule has 1 rings (SSSR count). The van der Waals surface area contributed by atoms with Crippen LogP contribution in [-0.4, -0.2) is 22.6 Å². The number of ketones is 2. The van der Waals surface area contributed by atoms with E-state index in [1.54, 1.807) is 0 Å². The maximum Gasteiger partial charge on any atom is 0.144 e. The Morgan fingerprint density at radius 3 is 2.67 bits per heavy atom. The molecule has 0 aromatic rings. The van der Waals surface area contributed by atoms with Crippen LogP contribution in [0, 0.1) is 0 Å². The summed E-state index contributed by atoms with van der Waals surface area (Å²) in [4.78, 5) is 21.2. The van der Waals surface area contributed by atoms with Gasteiger partial charge in [0.1, 0.15) is 11.6 Å². The van der Waals surface area contributed by atoms with Crippen molar-refractivity contribution in [3.8, 4) is 0 Å². The molecule has 0 spiro atoms. The molecule has 1 saturated heterocycles. The molecule has 0 saturated carbocycles. The summed E-state index contributed by atoms with van der Waals surface area (Å²) in [5.41, 5.74) is 0. The largest absolute Gasteiger partial charge is 0.299 e. The number of hydrogen-bond donors (Lipinski definition) is 0. The third-order valence-corrected chi connectivity index (χ3v) is 2.70. The zero-order valence-corrected chi connectivity index (χ0v) is 6.03. The van der Waals surface area contributed by atoms with Crippen LogP contribution >= 0.6 is 11.8 Å². The van der Waals surface area contributed by atoms with Gasteiger partial charge in [0.25, 0.3) is 0 Å². The highest BCUT2D eigenvalue weighted by molar-refractivity contribution is 8.01. The van der Waals surface area contributed by atoms with Gasteiger partial charge >= 0.3 is 0 Å².